The third kappa shape index (κ3) is 4.21. The molecule has 3 nitrogen and oxygen atoms in total. The number of hydrogen-bond acceptors (Lipinski definition) is 2. The number of amides is 1. The average Bonchev–Trinajstić information content (AvgIpc) is 3.49. The highest BCUT2D eigenvalue weighted by atomic mass is 19.1. The van der Waals surface area contributed by atoms with Crippen LogP contribution in [0.3, 0.4) is 0 Å². The van der Waals surface area contributed by atoms with Gasteiger partial charge in [-0.3, -0.25) is 4.79 Å². The van der Waals surface area contributed by atoms with E-state index in [4.69, 9.17) is 4.74 Å². The number of carbonyl (C=O) groups is 1. The first-order chi connectivity index (χ1) is 15.9. The van der Waals surface area contributed by atoms with E-state index in [1.807, 2.05) is 11.0 Å². The van der Waals surface area contributed by atoms with Crippen LogP contribution in [0.1, 0.15) is 106 Å². The summed E-state index contributed by atoms with van der Waals surface area (Å²) < 4.78 is 21.8. The molecule has 1 amide bonds. The van der Waals surface area contributed by atoms with Crippen molar-refractivity contribution in [2.24, 2.45) is 23.2 Å². The minimum atomic E-state index is -0.409. The number of hydrogen-bond donors (Lipinski definition) is 0. The van der Waals surface area contributed by atoms with Crippen molar-refractivity contribution in [3.05, 3.63) is 35.0 Å². The largest absolute Gasteiger partial charge is 0.493 e. The third-order valence-corrected chi connectivity index (χ3v) is 9.33. The second-order valence-corrected chi connectivity index (χ2v) is 12.6. The Kier molecular flexibility index (Phi) is 5.49. The zero-order valence-electron chi connectivity index (χ0n) is 20.4. The number of benzene rings is 1. The molecule has 4 bridgehead atoms. The van der Waals surface area contributed by atoms with Gasteiger partial charge in [0.15, 0.2) is 0 Å². The van der Waals surface area contributed by atoms with Crippen molar-refractivity contribution in [1.82, 2.24) is 4.90 Å². The van der Waals surface area contributed by atoms with Gasteiger partial charge >= 0.3 is 0 Å². The lowest BCUT2D eigenvalue weighted by Crippen LogP contribution is -2.48. The van der Waals surface area contributed by atoms with Gasteiger partial charge in [-0.05, 0) is 112 Å². The topological polar surface area (TPSA) is 29.5 Å². The zero-order valence-corrected chi connectivity index (χ0v) is 20.4. The molecule has 1 aliphatic heterocycles. The fourth-order valence-electron chi connectivity index (χ4n) is 8.21. The van der Waals surface area contributed by atoms with Gasteiger partial charge < -0.3 is 9.64 Å². The van der Waals surface area contributed by atoms with Crippen LogP contribution < -0.4 is 4.74 Å². The van der Waals surface area contributed by atoms with Crippen LogP contribution in [0.4, 0.5) is 4.39 Å². The quantitative estimate of drug-likeness (QED) is 0.450. The summed E-state index contributed by atoms with van der Waals surface area (Å²) in [4.78, 5) is 15.3. The molecule has 1 saturated heterocycles. The van der Waals surface area contributed by atoms with E-state index in [0.29, 0.717) is 17.1 Å². The first kappa shape index (κ1) is 21.9. The molecule has 6 aliphatic rings. The Labute approximate surface area is 198 Å². The van der Waals surface area contributed by atoms with Crippen molar-refractivity contribution in [3.8, 4) is 5.75 Å². The fourth-order valence-corrected chi connectivity index (χ4v) is 8.21. The molecule has 5 aliphatic carbocycles. The first-order valence-corrected chi connectivity index (χ1v) is 13.5. The molecule has 1 radical (unpaired) electrons. The molecule has 0 unspecified atom stereocenters. The zero-order chi connectivity index (χ0) is 22.7. The maximum atomic E-state index is 15.4. The Morgan fingerprint density at radius 2 is 1.73 bits per heavy atom. The molecule has 0 spiro atoms. The van der Waals surface area contributed by atoms with Crippen LogP contribution >= 0.6 is 0 Å². The number of nitrogens with zero attached hydrogens (tertiary/aromatic N) is 1. The van der Waals surface area contributed by atoms with Crippen LogP contribution in [0.5, 0.6) is 5.75 Å². The van der Waals surface area contributed by atoms with E-state index in [-0.39, 0.29) is 17.5 Å². The Morgan fingerprint density at radius 3 is 2.33 bits per heavy atom. The second-order valence-electron chi connectivity index (χ2n) is 12.6. The minimum Gasteiger partial charge on any atom is -0.493 e. The van der Waals surface area contributed by atoms with Gasteiger partial charge in [-0.1, -0.05) is 13.8 Å². The van der Waals surface area contributed by atoms with Crippen LogP contribution in [0.2, 0.25) is 0 Å². The monoisotopic (exact) mass is 452 g/mol. The summed E-state index contributed by atoms with van der Waals surface area (Å²) in [5.74, 6) is 4.57. The molecule has 0 aromatic heterocycles. The predicted molar refractivity (Wildman–Crippen MR) is 128 cm³/mol. The number of likely N-dealkylation sites (tertiary alicyclic amines) is 1. The lowest BCUT2D eigenvalue weighted by Gasteiger charge is -2.56. The fraction of sp³-hybridized carbons (Fsp3) is 0.724. The van der Waals surface area contributed by atoms with Crippen LogP contribution in [-0.2, 0) is 0 Å². The van der Waals surface area contributed by atoms with Gasteiger partial charge in [0.1, 0.15) is 11.6 Å². The van der Waals surface area contributed by atoms with Crippen LogP contribution in [0, 0.1) is 34.9 Å². The SMILES string of the molecule is C[C](C)C[C@@H]1CCCN1C(=O)c1cc(C2CC2)c(OCC23CC4CC(CC(C4)C2)C3)cc1F. The molecule has 1 aromatic carbocycles. The first-order valence-electron chi connectivity index (χ1n) is 13.5. The number of carbonyl (C=O) groups excluding carboxylic acids is 1. The molecule has 4 heteroatoms. The van der Waals surface area contributed by atoms with Gasteiger partial charge in [0.05, 0.1) is 12.2 Å². The smallest absolute Gasteiger partial charge is 0.257 e. The van der Waals surface area contributed by atoms with Gasteiger partial charge in [0, 0.05) is 24.1 Å². The number of rotatable bonds is 7. The molecule has 1 aromatic rings. The molecule has 1 atom stereocenters. The lowest BCUT2D eigenvalue weighted by atomic mass is 9.50. The van der Waals surface area contributed by atoms with Crippen LogP contribution in [0.25, 0.3) is 0 Å². The van der Waals surface area contributed by atoms with Crippen molar-refractivity contribution in [1.29, 1.82) is 0 Å². The van der Waals surface area contributed by atoms with E-state index < -0.39 is 5.82 Å². The van der Waals surface area contributed by atoms with Crippen LogP contribution in [-0.4, -0.2) is 30.0 Å². The Morgan fingerprint density at radius 1 is 1.06 bits per heavy atom. The Balaban J connectivity index is 1.22. The maximum Gasteiger partial charge on any atom is 0.257 e. The molecule has 7 rings (SSSR count). The second kappa shape index (κ2) is 8.27. The van der Waals surface area contributed by atoms with Gasteiger partial charge in [-0.25, -0.2) is 4.39 Å². The maximum absolute atomic E-state index is 15.4. The van der Waals surface area contributed by atoms with Crippen molar-refractivity contribution in [3.63, 3.8) is 0 Å². The van der Waals surface area contributed by atoms with Crippen molar-refractivity contribution in [2.75, 3.05) is 13.2 Å². The summed E-state index contributed by atoms with van der Waals surface area (Å²) in [5, 5.41) is 0. The molecule has 1 heterocycles. The molecule has 0 N–H and O–H groups in total. The van der Waals surface area contributed by atoms with Gasteiger partial charge in [0.25, 0.3) is 5.91 Å². The summed E-state index contributed by atoms with van der Waals surface area (Å²) in [7, 11) is 0. The molecular weight excluding hydrogens is 413 g/mol. The lowest BCUT2D eigenvalue weighted by molar-refractivity contribution is -0.0747. The molecule has 6 fully saturated rings. The summed E-state index contributed by atoms with van der Waals surface area (Å²) in [6.07, 6.45) is 13.3. The molecule has 33 heavy (non-hydrogen) atoms. The highest BCUT2D eigenvalue weighted by Gasteiger charge is 2.51. The van der Waals surface area contributed by atoms with Crippen LogP contribution in [0.15, 0.2) is 12.1 Å². The van der Waals surface area contributed by atoms with E-state index in [2.05, 4.69) is 13.8 Å². The van der Waals surface area contributed by atoms with Crippen molar-refractivity contribution in [2.45, 2.75) is 96.4 Å². The highest BCUT2D eigenvalue weighted by Crippen LogP contribution is 2.60. The number of ether oxygens (including phenoxy) is 1. The Bertz CT molecular complexity index is 885. The minimum absolute atomic E-state index is 0.134. The Hall–Kier alpha value is -1.58. The van der Waals surface area contributed by atoms with Gasteiger partial charge in [0.2, 0.25) is 0 Å². The summed E-state index contributed by atoms with van der Waals surface area (Å²) in [6.45, 7) is 5.69. The standard InChI is InChI=1S/C29H39FNO2/c1-18(2)8-23-4-3-7-31(23)28(32)25-12-24(22-5-6-22)27(13-26(25)30)33-17-29-14-19-9-20(15-29)11-21(10-19)16-29/h12-13,19-23H,3-11,14-17H2,1-2H3/t19?,20?,21?,23-,29?/m0/s1. The van der Waals surface area contributed by atoms with E-state index in [9.17, 15) is 4.79 Å². The normalized spacial score (nSPS) is 35.0. The predicted octanol–water partition coefficient (Wildman–Crippen LogP) is 6.91. The van der Waals surface area contributed by atoms with E-state index in [1.54, 1.807) is 6.07 Å². The summed E-state index contributed by atoms with van der Waals surface area (Å²) >= 11 is 0. The van der Waals surface area contributed by atoms with Gasteiger partial charge in [-0.2, -0.15) is 0 Å². The van der Waals surface area contributed by atoms with E-state index in [1.165, 1.54) is 44.4 Å². The molecule has 179 valence electrons. The molecular formula is C29H39FNO2. The number of halogens is 1. The molecule has 5 saturated carbocycles. The summed E-state index contributed by atoms with van der Waals surface area (Å²) in [6, 6.07) is 3.60. The van der Waals surface area contributed by atoms with Crippen molar-refractivity contribution < 1.29 is 13.9 Å². The van der Waals surface area contributed by atoms with E-state index >= 15 is 4.39 Å². The average molecular weight is 453 g/mol. The van der Waals surface area contributed by atoms with Crippen molar-refractivity contribution >= 4 is 5.91 Å². The summed E-state index contributed by atoms with van der Waals surface area (Å²) in [5.41, 5.74) is 1.62. The highest BCUT2D eigenvalue weighted by molar-refractivity contribution is 5.95. The van der Waals surface area contributed by atoms with Gasteiger partial charge in [-0.15, -0.1) is 0 Å². The van der Waals surface area contributed by atoms with E-state index in [0.717, 1.165) is 68.6 Å². The third-order valence-electron chi connectivity index (χ3n) is 9.33.